The molecule has 3 amide bonds. The third-order valence-electron chi connectivity index (χ3n) is 12.8. The number of unbranched alkanes of at least 4 members (excludes halogenated alkanes) is 1. The lowest BCUT2D eigenvalue weighted by atomic mass is 10.0. The second kappa shape index (κ2) is 20.8. The molecule has 2 aliphatic heterocycles. The van der Waals surface area contributed by atoms with Gasteiger partial charge in [-0.3, -0.25) is 14.4 Å². The summed E-state index contributed by atoms with van der Waals surface area (Å²) >= 11 is 1.55. The average Bonchev–Trinajstić information content (AvgIpc) is 4.13. The molecule has 1 fully saturated rings. The number of aliphatic hydroxyl groups excluding tert-OH is 1. The molecule has 9 rings (SSSR count). The number of likely N-dealkylation sites (tertiary alicyclic amines) is 1. The van der Waals surface area contributed by atoms with Crippen LogP contribution in [0.25, 0.3) is 32.9 Å². The fourth-order valence-electron chi connectivity index (χ4n) is 9.43. The number of imidazole rings is 1. The number of amides is 3. The number of aliphatic hydroxyl groups is 1. The number of nitrogens with zero attached hydrogens (tertiary/aromatic N) is 8. The molecule has 0 spiro atoms. The Balaban J connectivity index is 0.790. The Kier molecular flexibility index (Phi) is 14.2. The van der Waals surface area contributed by atoms with Gasteiger partial charge in [0.15, 0.2) is 5.82 Å². The number of benzene rings is 3. The molecule has 0 saturated carbocycles. The van der Waals surface area contributed by atoms with Crippen molar-refractivity contribution in [2.45, 2.75) is 98.1 Å². The van der Waals surface area contributed by atoms with Crippen molar-refractivity contribution >= 4 is 51.7 Å². The number of aromatic nitrogens is 6. The van der Waals surface area contributed by atoms with Gasteiger partial charge in [0, 0.05) is 61.1 Å². The SMILES string of the molecule is Cc1ncsc1-c1ccc(CNC(=O)[C@@H]2C[C@@H](O)CN2C(=O)C(C(C)C)N2Cc3ccccc3C2=O)c(OCCCCOc2ccc(-c3nccc(Nc4cc5c(cn4)nc(C)n5C(C)C)n3)cc2)c1. The van der Waals surface area contributed by atoms with Crippen LogP contribution >= 0.6 is 11.3 Å². The smallest absolute Gasteiger partial charge is 0.255 e. The van der Waals surface area contributed by atoms with Gasteiger partial charge in [-0.05, 0) is 100 Å². The van der Waals surface area contributed by atoms with E-state index < -0.39 is 18.2 Å². The van der Waals surface area contributed by atoms with Crippen LogP contribution in [0.5, 0.6) is 11.5 Å². The summed E-state index contributed by atoms with van der Waals surface area (Å²) in [7, 11) is 0. The van der Waals surface area contributed by atoms with Gasteiger partial charge in [-0.1, -0.05) is 44.2 Å². The molecular formula is C53H58N10O6S. The van der Waals surface area contributed by atoms with E-state index in [9.17, 15) is 19.5 Å². The quantitative estimate of drug-likeness (QED) is 0.0697. The minimum Gasteiger partial charge on any atom is -0.494 e. The third kappa shape index (κ3) is 10.2. The van der Waals surface area contributed by atoms with Crippen molar-refractivity contribution in [1.29, 1.82) is 0 Å². The van der Waals surface area contributed by atoms with Crippen LogP contribution in [-0.4, -0.2) is 100 Å². The van der Waals surface area contributed by atoms with E-state index in [-0.39, 0.29) is 49.2 Å². The Morgan fingerprint density at radius 2 is 1.66 bits per heavy atom. The summed E-state index contributed by atoms with van der Waals surface area (Å²) in [6.07, 6.45) is 4.16. The highest BCUT2D eigenvalue weighted by atomic mass is 32.1. The lowest BCUT2D eigenvalue weighted by Gasteiger charge is -2.35. The fourth-order valence-corrected chi connectivity index (χ4v) is 10.2. The number of hydrogen-bond donors (Lipinski definition) is 3. The van der Waals surface area contributed by atoms with Gasteiger partial charge < -0.3 is 39.6 Å². The van der Waals surface area contributed by atoms with Crippen molar-refractivity contribution in [3.63, 3.8) is 0 Å². The molecule has 4 aromatic heterocycles. The van der Waals surface area contributed by atoms with Crippen molar-refractivity contribution in [3.8, 4) is 33.3 Å². The molecule has 0 aliphatic carbocycles. The maximum absolute atomic E-state index is 14.3. The van der Waals surface area contributed by atoms with E-state index in [1.54, 1.807) is 34.7 Å². The van der Waals surface area contributed by atoms with Crippen LogP contribution in [-0.2, 0) is 22.7 Å². The number of β-amino-alcohol motifs (C(OH)–C–C–N with tert-alkyl or cyclic N) is 1. The Morgan fingerprint density at radius 1 is 0.886 bits per heavy atom. The van der Waals surface area contributed by atoms with Crippen LogP contribution in [0.2, 0.25) is 0 Å². The third-order valence-corrected chi connectivity index (χ3v) is 13.8. The normalized spacial score (nSPS) is 16.0. The van der Waals surface area contributed by atoms with Gasteiger partial charge in [-0.15, -0.1) is 11.3 Å². The zero-order chi connectivity index (χ0) is 49.1. The van der Waals surface area contributed by atoms with E-state index in [1.165, 1.54) is 4.90 Å². The Labute approximate surface area is 411 Å². The Bertz CT molecular complexity index is 3030. The zero-order valence-electron chi connectivity index (χ0n) is 40.3. The summed E-state index contributed by atoms with van der Waals surface area (Å²) in [5.74, 6) is 3.00. The van der Waals surface area contributed by atoms with Crippen molar-refractivity contribution in [2.24, 2.45) is 5.92 Å². The molecule has 17 heteroatoms. The molecule has 7 aromatic rings. The van der Waals surface area contributed by atoms with Gasteiger partial charge >= 0.3 is 0 Å². The minimum atomic E-state index is -0.901. The summed E-state index contributed by atoms with van der Waals surface area (Å²) in [6, 6.07) is 23.3. The van der Waals surface area contributed by atoms with Crippen molar-refractivity contribution in [1.82, 2.24) is 44.6 Å². The van der Waals surface area contributed by atoms with Crippen LogP contribution in [0.4, 0.5) is 11.6 Å². The average molecular weight is 963 g/mol. The first-order chi connectivity index (χ1) is 33.8. The van der Waals surface area contributed by atoms with Gasteiger partial charge in [-0.2, -0.15) is 0 Å². The topological polar surface area (TPSA) is 190 Å². The number of aryl methyl sites for hydroxylation is 2. The summed E-state index contributed by atoms with van der Waals surface area (Å²) in [5.41, 5.74) is 8.60. The number of fused-ring (bicyclic) bond motifs is 2. The Morgan fingerprint density at radius 3 is 2.40 bits per heavy atom. The Hall–Kier alpha value is -7.24. The van der Waals surface area contributed by atoms with Crippen molar-refractivity contribution in [2.75, 3.05) is 25.1 Å². The molecule has 3 N–H and O–H groups in total. The van der Waals surface area contributed by atoms with Crippen LogP contribution < -0.4 is 20.1 Å². The van der Waals surface area contributed by atoms with Crippen molar-refractivity contribution in [3.05, 3.63) is 125 Å². The minimum absolute atomic E-state index is 0.00678. The van der Waals surface area contributed by atoms with E-state index in [0.29, 0.717) is 55.0 Å². The number of ether oxygens (including phenoxy) is 2. The van der Waals surface area contributed by atoms with E-state index in [0.717, 1.165) is 61.9 Å². The molecule has 2 aliphatic rings. The lowest BCUT2D eigenvalue weighted by Crippen LogP contribution is -2.55. The molecule has 3 aromatic carbocycles. The second-order valence-electron chi connectivity index (χ2n) is 18.5. The molecule has 16 nitrogen and oxygen atoms in total. The van der Waals surface area contributed by atoms with E-state index in [2.05, 4.69) is 49.0 Å². The molecule has 0 radical (unpaired) electrons. The molecule has 70 heavy (non-hydrogen) atoms. The monoisotopic (exact) mass is 962 g/mol. The molecular weight excluding hydrogens is 905 g/mol. The highest BCUT2D eigenvalue weighted by molar-refractivity contribution is 7.13. The largest absolute Gasteiger partial charge is 0.494 e. The van der Waals surface area contributed by atoms with Crippen LogP contribution in [0.3, 0.4) is 0 Å². The number of thiazole rings is 1. The number of carbonyl (C=O) groups excluding carboxylic acids is 3. The van der Waals surface area contributed by atoms with Gasteiger partial charge in [0.2, 0.25) is 11.8 Å². The number of pyridine rings is 1. The molecule has 0 bridgehead atoms. The first-order valence-electron chi connectivity index (χ1n) is 23.8. The maximum atomic E-state index is 14.3. The van der Waals surface area contributed by atoms with Crippen molar-refractivity contribution < 1.29 is 29.0 Å². The molecule has 1 unspecified atom stereocenters. The van der Waals surface area contributed by atoms with Gasteiger partial charge in [0.1, 0.15) is 46.6 Å². The van der Waals surface area contributed by atoms with Crippen LogP contribution in [0.1, 0.15) is 86.0 Å². The van der Waals surface area contributed by atoms with Crippen LogP contribution in [0.15, 0.2) is 96.8 Å². The number of rotatable bonds is 18. The number of anilines is 2. The number of carbonyl (C=O) groups is 3. The first-order valence-corrected chi connectivity index (χ1v) is 24.7. The van der Waals surface area contributed by atoms with Gasteiger partial charge in [0.05, 0.1) is 47.1 Å². The van der Waals surface area contributed by atoms with E-state index in [4.69, 9.17) is 14.5 Å². The van der Waals surface area contributed by atoms with Gasteiger partial charge in [-0.25, -0.2) is 24.9 Å². The van der Waals surface area contributed by atoms with E-state index >= 15 is 0 Å². The fraction of sp³-hybridized carbons (Fsp3) is 0.358. The highest BCUT2D eigenvalue weighted by Gasteiger charge is 2.46. The molecule has 1 saturated heterocycles. The molecule has 3 atom stereocenters. The summed E-state index contributed by atoms with van der Waals surface area (Å²) in [6.45, 7) is 13.4. The molecule has 362 valence electrons. The zero-order valence-corrected chi connectivity index (χ0v) is 41.1. The van der Waals surface area contributed by atoms with Crippen LogP contribution in [0, 0.1) is 19.8 Å². The number of hydrogen-bond acceptors (Lipinski definition) is 13. The standard InChI is InChI=1S/C53H58N10O6S/c1-31(2)48(62-28-38-11-7-8-12-41(38)52(62)66)53(67)61-29-39(64)24-44(61)51(65)56-26-37-14-13-36(49-33(5)57-30-70-49)23-45(37)69-22-10-9-21-68-40-17-15-35(16-18-40)50-54-20-19-46(60-50)59-47-25-43-42(27-55-47)58-34(6)63(43)32(3)4/h7-8,11-20,23,25,27,30-32,39,44,48,64H,9-10,21-22,24,26,28-29H2,1-6H3,(H,56,65)(H,54,55,59,60)/t39-,44+,48?/m1/s1. The number of nitrogens with one attached hydrogen (secondary N) is 2. The van der Waals surface area contributed by atoms with E-state index in [1.807, 2.05) is 106 Å². The predicted octanol–water partition coefficient (Wildman–Crippen LogP) is 8.45. The maximum Gasteiger partial charge on any atom is 0.255 e. The summed E-state index contributed by atoms with van der Waals surface area (Å²) in [5, 5.41) is 17.1. The predicted molar refractivity (Wildman–Crippen MR) is 269 cm³/mol. The lowest BCUT2D eigenvalue weighted by molar-refractivity contribution is -0.143. The first kappa shape index (κ1) is 47.8. The summed E-state index contributed by atoms with van der Waals surface area (Å²) < 4.78 is 14.7. The second-order valence-corrected chi connectivity index (χ2v) is 19.3. The van der Waals surface area contributed by atoms with Gasteiger partial charge in [0.25, 0.3) is 5.91 Å². The highest BCUT2D eigenvalue weighted by Crippen LogP contribution is 2.34. The summed E-state index contributed by atoms with van der Waals surface area (Å²) in [4.78, 5) is 68.7. The molecule has 6 heterocycles.